The quantitative estimate of drug-likeness (QED) is 0.736. The fraction of sp³-hybridized carbons (Fsp3) is 0.500. The first-order valence-corrected chi connectivity index (χ1v) is 11.2. The molecule has 7 nitrogen and oxygen atoms in total. The lowest BCUT2D eigenvalue weighted by atomic mass is 9.98. The molecule has 4 rings (SSSR count). The number of benzene rings is 1. The molecule has 2 heterocycles. The van der Waals surface area contributed by atoms with Crippen LogP contribution >= 0.6 is 23.4 Å². The highest BCUT2D eigenvalue weighted by Crippen LogP contribution is 2.35. The van der Waals surface area contributed by atoms with Gasteiger partial charge in [-0.3, -0.25) is 24.4 Å². The second kappa shape index (κ2) is 7.99. The molecule has 1 aromatic rings. The zero-order chi connectivity index (χ0) is 20.6. The molecule has 9 heteroatoms. The summed E-state index contributed by atoms with van der Waals surface area (Å²) in [5.41, 5.74) is -0.0826. The smallest absolute Gasteiger partial charge is 0.323 e. The number of nitrogens with zero attached hydrogens (tertiary/aromatic N) is 3. The summed E-state index contributed by atoms with van der Waals surface area (Å²) < 4.78 is 0. The minimum absolute atomic E-state index is 0.0336. The van der Waals surface area contributed by atoms with Gasteiger partial charge in [-0.2, -0.15) is 0 Å². The number of aliphatic imine (C=N–C) groups is 1. The Hall–Kier alpha value is -2.06. The Labute approximate surface area is 178 Å². The average molecular weight is 435 g/mol. The number of urea groups is 1. The van der Waals surface area contributed by atoms with Gasteiger partial charge in [0.2, 0.25) is 5.91 Å². The van der Waals surface area contributed by atoms with Crippen LogP contribution in [0.15, 0.2) is 29.3 Å². The number of amides is 4. The summed E-state index contributed by atoms with van der Waals surface area (Å²) in [6, 6.07) is 6.72. The Bertz CT molecular complexity index is 867. The van der Waals surface area contributed by atoms with Crippen molar-refractivity contribution in [1.82, 2.24) is 10.2 Å². The number of halogens is 1. The summed E-state index contributed by atoms with van der Waals surface area (Å²) in [6.07, 6.45) is 3.23. The number of anilines is 1. The monoisotopic (exact) mass is 434 g/mol. The van der Waals surface area contributed by atoms with Gasteiger partial charge in [-0.1, -0.05) is 36.2 Å². The number of nitrogens with one attached hydrogen (secondary N) is 1. The van der Waals surface area contributed by atoms with E-state index in [1.807, 2.05) is 6.92 Å². The summed E-state index contributed by atoms with van der Waals surface area (Å²) in [5.74, 6) is 0.398. The van der Waals surface area contributed by atoms with Crippen molar-refractivity contribution in [1.29, 1.82) is 0 Å². The van der Waals surface area contributed by atoms with Gasteiger partial charge in [0.25, 0.3) is 5.91 Å². The fourth-order valence-electron chi connectivity index (χ4n) is 4.05. The maximum Gasteiger partial charge on any atom is 0.325 e. The second-order valence-corrected chi connectivity index (χ2v) is 9.13. The topological polar surface area (TPSA) is 82.1 Å². The molecular formula is C20H23ClN4O3S. The van der Waals surface area contributed by atoms with Crippen molar-refractivity contribution in [2.24, 2.45) is 4.99 Å². The van der Waals surface area contributed by atoms with Crippen molar-refractivity contribution in [3.8, 4) is 0 Å². The van der Waals surface area contributed by atoms with E-state index in [2.05, 4.69) is 10.3 Å². The molecule has 154 valence electrons. The van der Waals surface area contributed by atoms with E-state index in [1.54, 1.807) is 29.2 Å². The van der Waals surface area contributed by atoms with Crippen molar-refractivity contribution in [2.45, 2.75) is 50.6 Å². The molecule has 1 spiro atoms. The molecular weight excluding hydrogens is 412 g/mol. The molecule has 2 aliphatic heterocycles. The molecule has 2 fully saturated rings. The van der Waals surface area contributed by atoms with Crippen LogP contribution < -0.4 is 10.2 Å². The van der Waals surface area contributed by atoms with E-state index >= 15 is 0 Å². The summed E-state index contributed by atoms with van der Waals surface area (Å²) in [7, 11) is 0. The lowest BCUT2D eigenvalue weighted by Gasteiger charge is -2.23. The zero-order valence-electron chi connectivity index (χ0n) is 16.2. The number of hydrogen-bond acceptors (Lipinski definition) is 5. The minimum Gasteiger partial charge on any atom is -0.323 e. The van der Waals surface area contributed by atoms with E-state index < -0.39 is 11.6 Å². The van der Waals surface area contributed by atoms with Crippen molar-refractivity contribution < 1.29 is 14.4 Å². The number of rotatable bonds is 4. The predicted molar refractivity (Wildman–Crippen MR) is 114 cm³/mol. The van der Waals surface area contributed by atoms with E-state index in [9.17, 15) is 14.4 Å². The molecule has 29 heavy (non-hydrogen) atoms. The zero-order valence-corrected chi connectivity index (χ0v) is 17.8. The van der Waals surface area contributed by atoms with Crippen LogP contribution in [0.4, 0.5) is 10.5 Å². The molecule has 1 saturated carbocycles. The minimum atomic E-state index is -0.753. The van der Waals surface area contributed by atoms with Crippen LogP contribution in [0.3, 0.4) is 0 Å². The Balaban J connectivity index is 1.50. The van der Waals surface area contributed by atoms with Crippen LogP contribution in [-0.2, 0) is 9.59 Å². The van der Waals surface area contributed by atoms with Crippen molar-refractivity contribution in [2.75, 3.05) is 17.2 Å². The first-order chi connectivity index (χ1) is 13.9. The summed E-state index contributed by atoms with van der Waals surface area (Å²) in [5, 5.41) is 4.06. The highest BCUT2D eigenvalue weighted by Gasteiger charge is 2.52. The predicted octanol–water partition coefficient (Wildman–Crippen LogP) is 3.42. The Morgan fingerprint density at radius 3 is 2.62 bits per heavy atom. The summed E-state index contributed by atoms with van der Waals surface area (Å²) in [6.45, 7) is 2.06. The lowest BCUT2D eigenvalue weighted by Crippen LogP contribution is -2.44. The van der Waals surface area contributed by atoms with Crippen LogP contribution in [0.1, 0.15) is 39.0 Å². The van der Waals surface area contributed by atoms with Crippen molar-refractivity contribution in [3.63, 3.8) is 0 Å². The van der Waals surface area contributed by atoms with Gasteiger partial charge in [-0.05, 0) is 44.0 Å². The number of imide groups is 1. The van der Waals surface area contributed by atoms with E-state index in [0.717, 1.165) is 18.6 Å². The highest BCUT2D eigenvalue weighted by atomic mass is 35.5. The average Bonchev–Trinajstić information content (AvgIpc) is 3.38. The standard InChI is InChI=1S/C20H23ClN4O3S/c1-13-12-29-19(22-13)25(15-6-4-14(21)5-7-15)16(26)8-11-24-17(27)20(23-18(24)28)9-2-3-10-20/h4-7,13H,2-3,8-12H2,1H3,(H,23,28)/t13-/m0/s1. The maximum absolute atomic E-state index is 13.1. The van der Waals surface area contributed by atoms with Crippen molar-refractivity contribution >= 4 is 52.1 Å². The number of carbonyl (C=O) groups excluding carboxylic acids is 3. The SMILES string of the molecule is C[C@H]1CSC(N(C(=O)CCN2C(=O)NC3(CCCC3)C2=O)c2ccc(Cl)cc2)=N1. The van der Waals surface area contributed by atoms with Gasteiger partial charge >= 0.3 is 6.03 Å². The second-order valence-electron chi connectivity index (χ2n) is 7.70. The molecule has 0 unspecified atom stereocenters. The van der Waals surface area contributed by atoms with Gasteiger partial charge in [0.1, 0.15) is 5.54 Å². The van der Waals surface area contributed by atoms with Gasteiger partial charge < -0.3 is 5.32 Å². The highest BCUT2D eigenvalue weighted by molar-refractivity contribution is 8.14. The molecule has 1 aliphatic carbocycles. The maximum atomic E-state index is 13.1. The van der Waals surface area contributed by atoms with Crippen LogP contribution in [0.2, 0.25) is 5.02 Å². The largest absolute Gasteiger partial charge is 0.325 e. The third-order valence-corrected chi connectivity index (χ3v) is 7.01. The van der Waals surface area contributed by atoms with E-state index in [1.165, 1.54) is 16.7 Å². The molecule has 3 aliphatic rings. The molecule has 1 N–H and O–H groups in total. The van der Waals surface area contributed by atoms with Gasteiger partial charge in [0.15, 0.2) is 5.17 Å². The van der Waals surface area contributed by atoms with Crippen LogP contribution in [-0.4, -0.2) is 51.8 Å². The molecule has 1 saturated heterocycles. The Morgan fingerprint density at radius 1 is 1.31 bits per heavy atom. The summed E-state index contributed by atoms with van der Waals surface area (Å²) >= 11 is 7.51. The Kier molecular flexibility index (Phi) is 5.57. The fourth-order valence-corrected chi connectivity index (χ4v) is 5.23. The van der Waals surface area contributed by atoms with Gasteiger partial charge in [0.05, 0.1) is 11.7 Å². The van der Waals surface area contributed by atoms with E-state index in [4.69, 9.17) is 11.6 Å². The van der Waals surface area contributed by atoms with Crippen LogP contribution in [0.25, 0.3) is 0 Å². The lowest BCUT2D eigenvalue weighted by molar-refractivity contribution is -0.131. The normalized spacial score (nSPS) is 22.9. The first kappa shape index (κ1) is 20.2. The van der Waals surface area contributed by atoms with Gasteiger partial charge in [-0.25, -0.2) is 4.79 Å². The van der Waals surface area contributed by atoms with Gasteiger partial charge in [0, 0.05) is 23.7 Å². The molecule has 4 amide bonds. The van der Waals surface area contributed by atoms with Crippen molar-refractivity contribution in [3.05, 3.63) is 29.3 Å². The molecule has 0 bridgehead atoms. The summed E-state index contributed by atoms with van der Waals surface area (Å²) in [4.78, 5) is 45.6. The molecule has 0 radical (unpaired) electrons. The first-order valence-electron chi connectivity index (χ1n) is 9.83. The number of carbonyl (C=O) groups is 3. The third kappa shape index (κ3) is 3.88. The Morgan fingerprint density at radius 2 is 2.00 bits per heavy atom. The molecule has 0 aromatic heterocycles. The van der Waals surface area contributed by atoms with E-state index in [0.29, 0.717) is 28.7 Å². The third-order valence-electron chi connectivity index (χ3n) is 5.56. The molecule has 1 aromatic carbocycles. The van der Waals surface area contributed by atoms with Crippen LogP contribution in [0.5, 0.6) is 0 Å². The molecule has 1 atom stereocenters. The van der Waals surface area contributed by atoms with E-state index in [-0.39, 0.29) is 30.8 Å². The van der Waals surface area contributed by atoms with Gasteiger partial charge in [-0.15, -0.1) is 0 Å². The number of amidine groups is 1. The number of thioether (sulfide) groups is 1. The van der Waals surface area contributed by atoms with Crippen LogP contribution in [0, 0.1) is 0 Å². The number of hydrogen-bond donors (Lipinski definition) is 1.